The van der Waals surface area contributed by atoms with Crippen LogP contribution in [-0.2, 0) is 11.2 Å². The molecule has 2 aromatic rings. The minimum absolute atomic E-state index is 0.109. The Morgan fingerprint density at radius 1 is 1.27 bits per heavy atom. The SMILES string of the molecule is CC(CC(O)c1ccco1)NC(=O)CCc1ccccc1O. The van der Waals surface area contributed by atoms with Crippen molar-refractivity contribution in [2.45, 2.75) is 38.3 Å². The summed E-state index contributed by atoms with van der Waals surface area (Å²) in [5, 5.41) is 22.5. The number of hydrogen-bond acceptors (Lipinski definition) is 4. The predicted octanol–water partition coefficient (Wildman–Crippen LogP) is 2.55. The normalized spacial score (nSPS) is 13.5. The summed E-state index contributed by atoms with van der Waals surface area (Å²) in [5.74, 6) is 0.592. The van der Waals surface area contributed by atoms with Crippen molar-refractivity contribution in [3.8, 4) is 5.75 Å². The van der Waals surface area contributed by atoms with E-state index in [-0.39, 0.29) is 17.7 Å². The number of furan rings is 1. The van der Waals surface area contributed by atoms with Gasteiger partial charge in [0, 0.05) is 18.9 Å². The third kappa shape index (κ3) is 4.63. The molecule has 1 amide bonds. The van der Waals surface area contributed by atoms with E-state index in [1.165, 1.54) is 6.26 Å². The van der Waals surface area contributed by atoms with Crippen LogP contribution in [0.4, 0.5) is 0 Å². The number of benzene rings is 1. The second-order valence-corrected chi connectivity index (χ2v) is 5.36. The Labute approximate surface area is 129 Å². The first-order valence-electron chi connectivity index (χ1n) is 7.34. The average Bonchev–Trinajstić information content (AvgIpc) is 3.00. The summed E-state index contributed by atoms with van der Waals surface area (Å²) in [4.78, 5) is 11.9. The molecule has 2 rings (SSSR count). The summed E-state index contributed by atoms with van der Waals surface area (Å²) in [7, 11) is 0. The number of rotatable bonds is 7. The van der Waals surface area contributed by atoms with E-state index in [4.69, 9.17) is 4.42 Å². The highest BCUT2D eigenvalue weighted by molar-refractivity contribution is 5.76. The van der Waals surface area contributed by atoms with Crippen LogP contribution in [0.2, 0.25) is 0 Å². The van der Waals surface area contributed by atoms with Gasteiger partial charge in [0.25, 0.3) is 0 Å². The maximum absolute atomic E-state index is 11.9. The maximum Gasteiger partial charge on any atom is 0.220 e. The molecule has 0 fully saturated rings. The summed E-state index contributed by atoms with van der Waals surface area (Å²) in [6, 6.07) is 10.2. The molecule has 22 heavy (non-hydrogen) atoms. The highest BCUT2D eigenvalue weighted by Crippen LogP contribution is 2.19. The van der Waals surface area contributed by atoms with Gasteiger partial charge in [0.2, 0.25) is 5.91 Å². The highest BCUT2D eigenvalue weighted by atomic mass is 16.4. The molecule has 1 aromatic carbocycles. The number of carbonyl (C=O) groups excluding carboxylic acids is 1. The molecule has 0 bridgehead atoms. The fourth-order valence-electron chi connectivity index (χ4n) is 2.31. The van der Waals surface area contributed by atoms with E-state index >= 15 is 0 Å². The number of aryl methyl sites for hydroxylation is 1. The van der Waals surface area contributed by atoms with Crippen LogP contribution in [0.15, 0.2) is 47.1 Å². The van der Waals surface area contributed by atoms with Gasteiger partial charge in [0.05, 0.1) is 6.26 Å². The van der Waals surface area contributed by atoms with Crippen molar-refractivity contribution in [3.05, 3.63) is 54.0 Å². The zero-order chi connectivity index (χ0) is 15.9. The molecule has 0 aliphatic rings. The average molecular weight is 303 g/mol. The number of carbonyl (C=O) groups is 1. The third-order valence-electron chi connectivity index (χ3n) is 3.47. The molecular weight excluding hydrogens is 282 g/mol. The number of aliphatic hydroxyl groups is 1. The second kappa shape index (κ2) is 7.66. The molecule has 1 aromatic heterocycles. The Hall–Kier alpha value is -2.27. The lowest BCUT2D eigenvalue weighted by molar-refractivity contribution is -0.121. The Bertz CT molecular complexity index is 594. The van der Waals surface area contributed by atoms with Crippen LogP contribution in [0.3, 0.4) is 0 Å². The third-order valence-corrected chi connectivity index (χ3v) is 3.47. The number of aromatic hydroxyl groups is 1. The van der Waals surface area contributed by atoms with Crippen molar-refractivity contribution in [2.75, 3.05) is 0 Å². The van der Waals surface area contributed by atoms with E-state index in [2.05, 4.69) is 5.32 Å². The zero-order valence-corrected chi connectivity index (χ0v) is 12.5. The first-order chi connectivity index (χ1) is 10.6. The van der Waals surface area contributed by atoms with Gasteiger partial charge in [-0.15, -0.1) is 0 Å². The molecule has 1 heterocycles. The monoisotopic (exact) mass is 303 g/mol. The molecule has 2 atom stereocenters. The molecule has 3 N–H and O–H groups in total. The summed E-state index contributed by atoms with van der Waals surface area (Å²) >= 11 is 0. The van der Waals surface area contributed by atoms with Crippen LogP contribution in [-0.4, -0.2) is 22.2 Å². The van der Waals surface area contributed by atoms with Crippen molar-refractivity contribution in [1.29, 1.82) is 0 Å². The van der Waals surface area contributed by atoms with Crippen molar-refractivity contribution in [3.63, 3.8) is 0 Å². The minimum Gasteiger partial charge on any atom is -0.508 e. The van der Waals surface area contributed by atoms with E-state index in [0.29, 0.717) is 25.0 Å². The maximum atomic E-state index is 11.9. The lowest BCUT2D eigenvalue weighted by Gasteiger charge is -2.16. The number of aliphatic hydroxyl groups excluding tert-OH is 1. The molecule has 0 radical (unpaired) electrons. The number of amides is 1. The van der Waals surface area contributed by atoms with Gasteiger partial charge in [0.15, 0.2) is 0 Å². The van der Waals surface area contributed by atoms with E-state index < -0.39 is 6.10 Å². The summed E-state index contributed by atoms with van der Waals surface area (Å²) in [6.45, 7) is 1.84. The molecule has 0 saturated carbocycles. The Morgan fingerprint density at radius 2 is 2.05 bits per heavy atom. The molecule has 2 unspecified atom stereocenters. The van der Waals surface area contributed by atoms with Crippen molar-refractivity contribution < 1.29 is 19.4 Å². The van der Waals surface area contributed by atoms with Crippen LogP contribution >= 0.6 is 0 Å². The van der Waals surface area contributed by atoms with E-state index in [1.54, 1.807) is 30.3 Å². The van der Waals surface area contributed by atoms with Gasteiger partial charge in [-0.1, -0.05) is 18.2 Å². The smallest absolute Gasteiger partial charge is 0.220 e. The van der Waals surface area contributed by atoms with Gasteiger partial charge in [-0.2, -0.15) is 0 Å². The van der Waals surface area contributed by atoms with Crippen LogP contribution in [0, 0.1) is 0 Å². The Balaban J connectivity index is 1.76. The number of phenols is 1. The molecule has 5 heteroatoms. The Kier molecular flexibility index (Phi) is 5.61. The largest absolute Gasteiger partial charge is 0.508 e. The molecule has 0 saturated heterocycles. The molecule has 0 spiro atoms. The lowest BCUT2D eigenvalue weighted by Crippen LogP contribution is -2.33. The molecule has 0 aliphatic carbocycles. The molecular formula is C17H21NO4. The lowest BCUT2D eigenvalue weighted by atomic mass is 10.1. The number of para-hydroxylation sites is 1. The zero-order valence-electron chi connectivity index (χ0n) is 12.5. The Morgan fingerprint density at radius 3 is 2.73 bits per heavy atom. The van der Waals surface area contributed by atoms with Gasteiger partial charge < -0.3 is 19.9 Å². The second-order valence-electron chi connectivity index (χ2n) is 5.36. The van der Waals surface area contributed by atoms with Crippen molar-refractivity contribution in [1.82, 2.24) is 5.32 Å². The van der Waals surface area contributed by atoms with E-state index in [9.17, 15) is 15.0 Å². The van der Waals surface area contributed by atoms with Crippen molar-refractivity contribution >= 4 is 5.91 Å². The van der Waals surface area contributed by atoms with Crippen LogP contribution in [0.5, 0.6) is 5.75 Å². The molecule has 0 aliphatic heterocycles. The number of hydrogen-bond donors (Lipinski definition) is 3. The predicted molar refractivity (Wildman–Crippen MR) is 82.3 cm³/mol. The topological polar surface area (TPSA) is 82.7 Å². The molecule has 118 valence electrons. The van der Waals surface area contributed by atoms with E-state index in [0.717, 1.165) is 5.56 Å². The van der Waals surface area contributed by atoms with Gasteiger partial charge in [-0.05, 0) is 37.1 Å². The van der Waals surface area contributed by atoms with Crippen molar-refractivity contribution in [2.24, 2.45) is 0 Å². The first-order valence-corrected chi connectivity index (χ1v) is 7.34. The minimum atomic E-state index is -0.733. The standard InChI is InChI=1S/C17H21NO4/c1-12(11-15(20)16-7-4-10-22-16)18-17(21)9-8-13-5-2-3-6-14(13)19/h2-7,10,12,15,19-20H,8-9,11H2,1H3,(H,18,21). The van der Waals surface area contributed by atoms with Gasteiger partial charge in [0.1, 0.15) is 17.6 Å². The van der Waals surface area contributed by atoms with Crippen LogP contribution < -0.4 is 5.32 Å². The first kappa shape index (κ1) is 16.1. The van der Waals surface area contributed by atoms with Crippen LogP contribution in [0.1, 0.15) is 37.2 Å². The van der Waals surface area contributed by atoms with Gasteiger partial charge in [-0.25, -0.2) is 0 Å². The number of nitrogens with one attached hydrogen (secondary N) is 1. The van der Waals surface area contributed by atoms with Gasteiger partial charge >= 0.3 is 0 Å². The summed E-state index contributed by atoms with van der Waals surface area (Å²) < 4.78 is 5.13. The van der Waals surface area contributed by atoms with E-state index in [1.807, 2.05) is 13.0 Å². The quantitative estimate of drug-likeness (QED) is 0.734. The number of phenolic OH excluding ortho intramolecular Hbond substituents is 1. The summed E-state index contributed by atoms with van der Waals surface area (Å²) in [5.41, 5.74) is 0.751. The molecule has 5 nitrogen and oxygen atoms in total. The fraction of sp³-hybridized carbons (Fsp3) is 0.353. The van der Waals surface area contributed by atoms with Gasteiger partial charge in [-0.3, -0.25) is 4.79 Å². The fourth-order valence-corrected chi connectivity index (χ4v) is 2.31. The van der Waals surface area contributed by atoms with Crippen LogP contribution in [0.25, 0.3) is 0 Å². The highest BCUT2D eigenvalue weighted by Gasteiger charge is 2.16. The summed E-state index contributed by atoms with van der Waals surface area (Å²) in [6.07, 6.45) is 1.93.